The minimum absolute atomic E-state index is 0.104. The fraction of sp³-hybridized carbons (Fsp3) is 0.457. The molecule has 1 aliphatic heterocycles. The van der Waals surface area contributed by atoms with Crippen molar-refractivity contribution in [3.63, 3.8) is 0 Å². The molecule has 4 aliphatic carbocycles. The van der Waals surface area contributed by atoms with Gasteiger partial charge in [0.25, 0.3) is 11.1 Å². The molecule has 16 nitrogen and oxygen atoms in total. The van der Waals surface area contributed by atoms with Gasteiger partial charge in [0.15, 0.2) is 0 Å². The second-order valence-electron chi connectivity index (χ2n) is 14.0. The van der Waals surface area contributed by atoms with Crippen LogP contribution in [0.25, 0.3) is 22.5 Å². The highest BCUT2D eigenvalue weighted by molar-refractivity contribution is 5.76. The van der Waals surface area contributed by atoms with Gasteiger partial charge in [-0.1, -0.05) is 0 Å². The van der Waals surface area contributed by atoms with Crippen molar-refractivity contribution >= 4 is 23.6 Å². The van der Waals surface area contributed by atoms with Crippen molar-refractivity contribution < 1.29 is 14.3 Å². The second kappa shape index (κ2) is 13.7. The van der Waals surface area contributed by atoms with Gasteiger partial charge in [0.2, 0.25) is 17.8 Å². The molecule has 51 heavy (non-hydrogen) atoms. The molecule has 4 N–H and O–H groups in total. The molecule has 2 bridgehead atoms. The molecular weight excluding hydrogens is 654 g/mol. The monoisotopic (exact) mass is 693 g/mol. The van der Waals surface area contributed by atoms with Crippen molar-refractivity contribution in [3.8, 4) is 22.5 Å². The van der Waals surface area contributed by atoms with Crippen molar-refractivity contribution in [1.29, 1.82) is 0 Å². The Labute approximate surface area is 292 Å². The Morgan fingerprint density at radius 2 is 1.59 bits per heavy atom. The van der Waals surface area contributed by atoms with Crippen molar-refractivity contribution in [3.05, 3.63) is 75.2 Å². The van der Waals surface area contributed by atoms with Gasteiger partial charge < -0.3 is 26.0 Å². The van der Waals surface area contributed by atoms with Crippen LogP contribution in [0.1, 0.15) is 44.1 Å². The molecule has 9 rings (SSSR count). The van der Waals surface area contributed by atoms with Crippen molar-refractivity contribution in [2.24, 2.45) is 5.92 Å². The Bertz CT molecular complexity index is 2040. The van der Waals surface area contributed by atoms with E-state index in [9.17, 15) is 19.2 Å². The Morgan fingerprint density at radius 3 is 2.24 bits per heavy atom. The number of carbonyl (C=O) groups excluding carboxylic acids is 2. The molecule has 0 aromatic carbocycles. The van der Waals surface area contributed by atoms with Gasteiger partial charge in [0.1, 0.15) is 18.9 Å². The summed E-state index contributed by atoms with van der Waals surface area (Å²) in [5.74, 6) is 1.35. The maximum absolute atomic E-state index is 13.5. The largest absolute Gasteiger partial charge is 0.377 e. The van der Waals surface area contributed by atoms with E-state index < -0.39 is 17.0 Å². The first-order valence-electron chi connectivity index (χ1n) is 17.4. The van der Waals surface area contributed by atoms with Crippen molar-refractivity contribution in [2.75, 3.05) is 30.4 Å². The van der Waals surface area contributed by atoms with E-state index >= 15 is 0 Å². The summed E-state index contributed by atoms with van der Waals surface area (Å²) in [7, 11) is 0. The maximum Gasteiger partial charge on any atom is 0.270 e. The van der Waals surface area contributed by atoms with E-state index in [4.69, 9.17) is 4.74 Å². The van der Waals surface area contributed by atoms with Gasteiger partial charge >= 0.3 is 0 Å². The summed E-state index contributed by atoms with van der Waals surface area (Å²) in [6.07, 6.45) is 11.5. The van der Waals surface area contributed by atoms with Gasteiger partial charge in [-0.25, -0.2) is 24.3 Å². The van der Waals surface area contributed by atoms with E-state index in [2.05, 4.69) is 46.4 Å². The van der Waals surface area contributed by atoms with Crippen molar-refractivity contribution in [1.82, 2.24) is 45.1 Å². The number of pyridine rings is 1. The van der Waals surface area contributed by atoms with E-state index in [1.165, 1.54) is 6.07 Å². The highest BCUT2D eigenvalue weighted by atomic mass is 16.5. The Hall–Kier alpha value is -5.51. The number of aromatic nitrogens is 7. The topological polar surface area (TPSA) is 200 Å². The fourth-order valence-electron chi connectivity index (χ4n) is 6.78. The molecule has 4 aromatic rings. The first-order valence-corrected chi connectivity index (χ1v) is 17.4. The predicted molar refractivity (Wildman–Crippen MR) is 186 cm³/mol. The molecule has 5 aliphatic rings. The summed E-state index contributed by atoms with van der Waals surface area (Å²) >= 11 is 0. The number of ether oxygens (including phenoxy) is 1. The summed E-state index contributed by atoms with van der Waals surface area (Å²) in [6, 6.07) is 8.62. The highest BCUT2D eigenvalue weighted by Crippen LogP contribution is 2.58. The van der Waals surface area contributed by atoms with Crippen LogP contribution in [0.15, 0.2) is 58.5 Å². The molecule has 16 heteroatoms. The molecular formula is C35H39N11O5. The predicted octanol–water partition coefficient (Wildman–Crippen LogP) is 1.12. The summed E-state index contributed by atoms with van der Waals surface area (Å²) in [5, 5.41) is 21.3. The first-order chi connectivity index (χ1) is 24.8. The zero-order valence-corrected chi connectivity index (χ0v) is 28.0. The first kappa shape index (κ1) is 32.7. The van der Waals surface area contributed by atoms with Crippen LogP contribution in [0, 0.1) is 5.92 Å². The maximum atomic E-state index is 13.5. The van der Waals surface area contributed by atoms with Gasteiger partial charge in [0, 0.05) is 59.5 Å². The van der Waals surface area contributed by atoms with Crippen LogP contribution in [0.5, 0.6) is 0 Å². The van der Waals surface area contributed by atoms with Crippen LogP contribution in [-0.4, -0.2) is 83.7 Å². The Kier molecular flexibility index (Phi) is 8.75. The number of nitrogens with one attached hydrogen (secondary N) is 4. The number of hydrogen-bond donors (Lipinski definition) is 4. The molecule has 0 atom stereocenters. The molecule has 4 saturated carbocycles. The lowest BCUT2D eigenvalue weighted by molar-refractivity contribution is -0.123. The molecule has 0 spiro atoms. The minimum atomic E-state index is -0.447. The standard InChI is InChI=1S/C35H39N11O5/c47-30(17-45-32(49)7-5-27(43-45)23-4-6-29(37-14-23)40-26-19-51-20-26)36-9-8-22-10-28(44-46(33(22)50)18-31(48)41-25-2-1-3-25)24-15-38-34(39-16-24)42-35-11-21(12-35)13-35/h4-7,10,14-16,21,25-26H,1-3,8-9,11-13,17-20H2,(H,36,47)(H,37,40)(H,41,48)(H,38,39,42). The van der Waals surface area contributed by atoms with E-state index in [0.29, 0.717) is 53.1 Å². The molecule has 0 unspecified atom stereocenters. The summed E-state index contributed by atoms with van der Waals surface area (Å²) in [4.78, 5) is 65.2. The molecule has 5 fully saturated rings. The van der Waals surface area contributed by atoms with E-state index in [-0.39, 0.29) is 49.6 Å². The van der Waals surface area contributed by atoms with Crippen LogP contribution in [0.4, 0.5) is 11.8 Å². The lowest BCUT2D eigenvalue weighted by Gasteiger charge is -2.61. The Balaban J connectivity index is 0.930. The van der Waals surface area contributed by atoms with Crippen molar-refractivity contribution in [2.45, 2.75) is 75.7 Å². The SMILES string of the molecule is O=C(Cn1nc(-c2ccc(NC3COC3)nc2)ccc1=O)NCCc1cc(-c2cnc(NC34CC(C3)C4)nc2)nn(CC(=O)NC2CCC2)c1=O. The number of amides is 2. The zero-order valence-electron chi connectivity index (χ0n) is 28.0. The quantitative estimate of drug-likeness (QED) is 0.147. The summed E-state index contributed by atoms with van der Waals surface area (Å²) < 4.78 is 7.43. The van der Waals surface area contributed by atoms with Crippen LogP contribution >= 0.6 is 0 Å². The smallest absolute Gasteiger partial charge is 0.270 e. The molecule has 5 heterocycles. The number of anilines is 2. The average molecular weight is 694 g/mol. The third-order valence-electron chi connectivity index (χ3n) is 10.1. The van der Waals surface area contributed by atoms with Gasteiger partial charge in [0.05, 0.1) is 30.6 Å². The molecule has 0 radical (unpaired) electrons. The second-order valence-corrected chi connectivity index (χ2v) is 14.0. The van der Waals surface area contributed by atoms with Crippen LogP contribution in [0.2, 0.25) is 0 Å². The Morgan fingerprint density at radius 1 is 0.843 bits per heavy atom. The van der Waals surface area contributed by atoms with E-state index in [1.54, 1.807) is 30.7 Å². The summed E-state index contributed by atoms with van der Waals surface area (Å²) in [6.45, 7) is 0.839. The van der Waals surface area contributed by atoms with Crippen LogP contribution < -0.4 is 32.4 Å². The molecule has 4 aromatic heterocycles. The molecule has 1 saturated heterocycles. The van der Waals surface area contributed by atoms with Gasteiger partial charge in [-0.15, -0.1) is 0 Å². The molecule has 2 amide bonds. The number of rotatable bonds is 14. The third-order valence-corrected chi connectivity index (χ3v) is 10.1. The average Bonchev–Trinajstić information content (AvgIpc) is 3.05. The van der Waals surface area contributed by atoms with E-state index in [1.807, 2.05) is 12.1 Å². The van der Waals surface area contributed by atoms with Gasteiger partial charge in [-0.05, 0) is 75.1 Å². The summed E-state index contributed by atoms with van der Waals surface area (Å²) in [5.41, 5.74) is 1.84. The van der Waals surface area contributed by atoms with E-state index in [0.717, 1.165) is 53.8 Å². The lowest BCUT2D eigenvalue weighted by atomic mass is 9.50. The fourth-order valence-corrected chi connectivity index (χ4v) is 6.78. The van der Waals surface area contributed by atoms with Crippen LogP contribution in [-0.2, 0) is 33.8 Å². The zero-order chi connectivity index (χ0) is 35.0. The van der Waals surface area contributed by atoms with Gasteiger partial charge in [-0.2, -0.15) is 10.2 Å². The van der Waals surface area contributed by atoms with Crippen LogP contribution in [0.3, 0.4) is 0 Å². The molecule has 264 valence electrons. The third kappa shape index (κ3) is 7.22. The number of hydrogen-bond acceptors (Lipinski definition) is 12. The van der Waals surface area contributed by atoms with Gasteiger partial charge in [-0.3, -0.25) is 19.2 Å². The normalized spacial score (nSPS) is 20.6. The minimum Gasteiger partial charge on any atom is -0.377 e. The highest BCUT2D eigenvalue weighted by Gasteiger charge is 2.57. The number of carbonyl (C=O) groups is 2. The number of nitrogens with zero attached hydrogens (tertiary/aromatic N) is 7. The lowest BCUT2D eigenvalue weighted by Crippen LogP contribution is -2.63.